The average molecular weight is 396 g/mol. The molecular weight excluding hydrogens is 369 g/mol. The van der Waals surface area contributed by atoms with Crippen LogP contribution in [0.3, 0.4) is 0 Å². The van der Waals surface area contributed by atoms with Gasteiger partial charge < -0.3 is 10.1 Å². The Morgan fingerprint density at radius 3 is 2.43 bits per heavy atom. The Morgan fingerprint density at radius 2 is 1.86 bits per heavy atom. The van der Waals surface area contributed by atoms with Crippen LogP contribution in [0.15, 0.2) is 24.3 Å². The van der Waals surface area contributed by atoms with Crippen LogP contribution in [0.2, 0.25) is 0 Å². The third kappa shape index (κ3) is 4.20. The Kier molecular flexibility index (Phi) is 5.65. The molecule has 0 spiro atoms. The van der Waals surface area contributed by atoms with E-state index in [1.54, 1.807) is 0 Å². The Hall–Kier alpha value is -1.60. The van der Waals surface area contributed by atoms with E-state index in [-0.39, 0.29) is 17.9 Å². The Labute approximate surface area is 163 Å². The number of morpholine rings is 1. The van der Waals surface area contributed by atoms with Crippen LogP contribution < -0.4 is 5.32 Å². The van der Waals surface area contributed by atoms with Crippen LogP contribution in [0.25, 0.3) is 0 Å². The van der Waals surface area contributed by atoms with E-state index in [0.717, 1.165) is 30.5 Å². The second-order valence-corrected chi connectivity index (χ2v) is 8.31. The summed E-state index contributed by atoms with van der Waals surface area (Å²) in [5.41, 5.74) is 0.145. The number of nitrogens with one attached hydrogen (secondary N) is 1. The van der Waals surface area contributed by atoms with E-state index >= 15 is 0 Å². The first-order valence-corrected chi connectivity index (χ1v) is 10.2. The van der Waals surface area contributed by atoms with Gasteiger partial charge in [-0.1, -0.05) is 18.6 Å². The molecule has 2 saturated carbocycles. The second-order valence-electron chi connectivity index (χ2n) is 8.31. The molecule has 1 amide bonds. The average Bonchev–Trinajstić information content (AvgIpc) is 3.32. The maximum atomic E-state index is 12.9. The maximum Gasteiger partial charge on any atom is 0.416 e. The molecule has 28 heavy (non-hydrogen) atoms. The van der Waals surface area contributed by atoms with Crippen LogP contribution in [0.5, 0.6) is 0 Å². The highest BCUT2D eigenvalue weighted by Gasteiger charge is 2.43. The van der Waals surface area contributed by atoms with E-state index in [2.05, 4.69) is 10.2 Å². The van der Waals surface area contributed by atoms with Crippen LogP contribution >= 0.6 is 0 Å². The highest BCUT2D eigenvalue weighted by molar-refractivity contribution is 5.79. The van der Waals surface area contributed by atoms with Gasteiger partial charge >= 0.3 is 6.18 Å². The largest absolute Gasteiger partial charge is 0.416 e. The smallest absolute Gasteiger partial charge is 0.379 e. The van der Waals surface area contributed by atoms with E-state index < -0.39 is 11.7 Å². The SMILES string of the molecule is O=C(NC[C@H](c1ccc(C(F)(F)F)cc1)N1CCOCC1)[C@@H]1C[C@H]2CC[C@H]1C2. The molecule has 4 rings (SSSR count). The van der Waals surface area contributed by atoms with Gasteiger partial charge in [0.2, 0.25) is 5.91 Å². The molecule has 1 N–H and O–H groups in total. The number of carbonyl (C=O) groups excluding carboxylic acids is 1. The lowest BCUT2D eigenvalue weighted by Gasteiger charge is -2.35. The monoisotopic (exact) mass is 396 g/mol. The molecule has 0 unspecified atom stereocenters. The van der Waals surface area contributed by atoms with E-state index in [9.17, 15) is 18.0 Å². The minimum atomic E-state index is -4.34. The topological polar surface area (TPSA) is 41.6 Å². The standard InChI is InChI=1S/C21H27F3N2O2/c22-21(23,24)17-5-3-15(4-6-17)19(26-7-9-28-10-8-26)13-25-20(27)18-12-14-1-2-16(18)11-14/h3-6,14,16,18-19H,1-2,7-13H2,(H,25,27)/t14-,16-,18+,19+/m0/s1. The van der Waals surface area contributed by atoms with Crippen molar-refractivity contribution in [2.45, 2.75) is 37.9 Å². The van der Waals surface area contributed by atoms with Crippen molar-refractivity contribution in [3.8, 4) is 0 Å². The van der Waals surface area contributed by atoms with Crippen molar-refractivity contribution in [1.29, 1.82) is 0 Å². The molecule has 154 valence electrons. The number of amides is 1. The number of ether oxygens (including phenoxy) is 1. The summed E-state index contributed by atoms with van der Waals surface area (Å²) in [7, 11) is 0. The van der Waals surface area contributed by atoms with Crippen molar-refractivity contribution in [1.82, 2.24) is 10.2 Å². The molecule has 2 aliphatic carbocycles. The van der Waals surface area contributed by atoms with Crippen molar-refractivity contribution in [2.75, 3.05) is 32.8 Å². The fourth-order valence-corrected chi connectivity index (χ4v) is 5.14. The summed E-state index contributed by atoms with van der Waals surface area (Å²) in [6.07, 6.45) is 0.205. The highest BCUT2D eigenvalue weighted by atomic mass is 19.4. The molecule has 1 aromatic rings. The summed E-state index contributed by atoms with van der Waals surface area (Å²) in [6.45, 7) is 3.01. The summed E-state index contributed by atoms with van der Waals surface area (Å²) in [6, 6.07) is 5.18. The molecule has 1 saturated heterocycles. The molecule has 1 aliphatic heterocycles. The first-order chi connectivity index (χ1) is 13.4. The van der Waals surface area contributed by atoms with Crippen molar-refractivity contribution in [3.63, 3.8) is 0 Å². The Bertz CT molecular complexity index is 686. The predicted octanol–water partition coefficient (Wildman–Crippen LogP) is 3.63. The van der Waals surface area contributed by atoms with Crippen molar-refractivity contribution < 1.29 is 22.7 Å². The zero-order valence-electron chi connectivity index (χ0n) is 15.9. The molecule has 3 fully saturated rings. The zero-order chi connectivity index (χ0) is 19.7. The van der Waals surface area contributed by atoms with Crippen LogP contribution in [0.4, 0.5) is 13.2 Å². The molecule has 4 atom stereocenters. The quantitative estimate of drug-likeness (QED) is 0.827. The number of hydrogen-bond donors (Lipinski definition) is 1. The number of fused-ring (bicyclic) bond motifs is 2. The van der Waals surface area contributed by atoms with Crippen molar-refractivity contribution >= 4 is 5.91 Å². The van der Waals surface area contributed by atoms with Crippen LogP contribution in [-0.4, -0.2) is 43.7 Å². The van der Waals surface area contributed by atoms with Crippen LogP contribution in [0, 0.1) is 17.8 Å². The summed E-state index contributed by atoms with van der Waals surface area (Å²) in [5.74, 6) is 1.43. The number of benzene rings is 1. The normalized spacial score (nSPS) is 29.0. The zero-order valence-corrected chi connectivity index (χ0v) is 15.9. The van der Waals surface area contributed by atoms with Gasteiger partial charge in [0.15, 0.2) is 0 Å². The number of nitrogens with zero attached hydrogens (tertiary/aromatic N) is 1. The van der Waals surface area contributed by atoms with Gasteiger partial charge in [-0.25, -0.2) is 0 Å². The minimum absolute atomic E-state index is 0.108. The predicted molar refractivity (Wildman–Crippen MR) is 98.5 cm³/mol. The van der Waals surface area contributed by atoms with Gasteiger partial charge in [0, 0.05) is 25.6 Å². The van der Waals surface area contributed by atoms with E-state index in [1.807, 2.05) is 0 Å². The van der Waals surface area contributed by atoms with Gasteiger partial charge in [-0.2, -0.15) is 13.2 Å². The van der Waals surface area contributed by atoms with Crippen LogP contribution in [0.1, 0.15) is 42.9 Å². The fraction of sp³-hybridized carbons (Fsp3) is 0.667. The van der Waals surface area contributed by atoms with Gasteiger partial charge in [0.05, 0.1) is 24.8 Å². The number of carbonyl (C=O) groups is 1. The first-order valence-electron chi connectivity index (χ1n) is 10.2. The maximum absolute atomic E-state index is 12.9. The summed E-state index contributed by atoms with van der Waals surface area (Å²) < 4.78 is 44.1. The van der Waals surface area contributed by atoms with Gasteiger partial charge in [-0.05, 0) is 48.8 Å². The molecule has 4 nitrogen and oxygen atoms in total. The van der Waals surface area contributed by atoms with Crippen molar-refractivity contribution in [3.05, 3.63) is 35.4 Å². The molecule has 0 aromatic heterocycles. The molecule has 1 aromatic carbocycles. The summed E-state index contributed by atoms with van der Waals surface area (Å²) >= 11 is 0. The number of halogens is 3. The summed E-state index contributed by atoms with van der Waals surface area (Å²) in [5, 5.41) is 3.11. The molecule has 1 heterocycles. The molecule has 7 heteroatoms. The lowest BCUT2D eigenvalue weighted by atomic mass is 9.88. The third-order valence-electron chi connectivity index (χ3n) is 6.65. The Balaban J connectivity index is 1.45. The number of alkyl halides is 3. The molecule has 3 aliphatic rings. The minimum Gasteiger partial charge on any atom is -0.379 e. The van der Waals surface area contributed by atoms with E-state index in [0.29, 0.717) is 44.7 Å². The highest BCUT2D eigenvalue weighted by Crippen LogP contribution is 2.48. The van der Waals surface area contributed by atoms with Gasteiger partial charge in [-0.15, -0.1) is 0 Å². The lowest BCUT2D eigenvalue weighted by Crippen LogP contribution is -2.45. The fourth-order valence-electron chi connectivity index (χ4n) is 5.14. The van der Waals surface area contributed by atoms with Gasteiger partial charge in [0.25, 0.3) is 0 Å². The lowest BCUT2D eigenvalue weighted by molar-refractivity contribution is -0.137. The van der Waals surface area contributed by atoms with E-state index in [1.165, 1.54) is 25.0 Å². The van der Waals surface area contributed by atoms with E-state index in [4.69, 9.17) is 4.74 Å². The first kappa shape index (κ1) is 19.7. The number of rotatable bonds is 5. The Morgan fingerprint density at radius 1 is 1.14 bits per heavy atom. The second kappa shape index (κ2) is 8.03. The van der Waals surface area contributed by atoms with Gasteiger partial charge in [0.1, 0.15) is 0 Å². The van der Waals surface area contributed by atoms with Crippen molar-refractivity contribution in [2.24, 2.45) is 17.8 Å². The third-order valence-corrected chi connectivity index (χ3v) is 6.65. The van der Waals surface area contributed by atoms with Gasteiger partial charge in [-0.3, -0.25) is 9.69 Å². The molecule has 2 bridgehead atoms. The number of hydrogen-bond acceptors (Lipinski definition) is 3. The molecule has 0 radical (unpaired) electrons. The molecular formula is C21H27F3N2O2. The summed E-state index contributed by atoms with van der Waals surface area (Å²) in [4.78, 5) is 14.9. The van der Waals surface area contributed by atoms with Crippen LogP contribution in [-0.2, 0) is 15.7 Å².